The maximum atomic E-state index is 13.4. The summed E-state index contributed by atoms with van der Waals surface area (Å²) < 4.78 is 52.2. The van der Waals surface area contributed by atoms with Gasteiger partial charge in [-0.25, -0.2) is 21.9 Å². The fraction of sp³-hybridized carbons (Fsp3) is 0.455. The number of benzene rings is 1. The first-order valence-corrected chi connectivity index (χ1v) is 6.97. The molecular weight excluding hydrogens is 264 g/mol. The molecule has 1 aromatic rings. The Morgan fingerprint density at radius 3 is 2.61 bits per heavy atom. The maximum absolute atomic E-state index is 13.4. The van der Waals surface area contributed by atoms with Crippen molar-refractivity contribution in [3.05, 3.63) is 29.8 Å². The molecule has 1 aromatic carbocycles. The molecule has 0 aliphatic heterocycles. The van der Waals surface area contributed by atoms with E-state index < -0.39 is 32.6 Å². The van der Waals surface area contributed by atoms with Crippen molar-refractivity contribution in [1.29, 1.82) is 0 Å². The van der Waals surface area contributed by atoms with Crippen LogP contribution in [-0.2, 0) is 10.0 Å². The minimum atomic E-state index is -4.12. The number of halogens is 2. The molecule has 0 bridgehead atoms. The molecule has 0 spiro atoms. The van der Waals surface area contributed by atoms with E-state index in [1.807, 2.05) is 0 Å². The molecule has 4 nitrogen and oxygen atoms in total. The van der Waals surface area contributed by atoms with Crippen molar-refractivity contribution in [1.82, 2.24) is 4.72 Å². The third kappa shape index (κ3) is 3.72. The zero-order valence-corrected chi connectivity index (χ0v) is 10.7. The Morgan fingerprint density at radius 2 is 2.06 bits per heavy atom. The topological polar surface area (TPSA) is 66.4 Å². The summed E-state index contributed by atoms with van der Waals surface area (Å²) in [6, 6.07) is 1.72. The molecular formula is C11H15F2NO3S. The fourth-order valence-corrected chi connectivity index (χ4v) is 2.91. The highest BCUT2D eigenvalue weighted by atomic mass is 32.2. The molecule has 0 heterocycles. The van der Waals surface area contributed by atoms with E-state index in [2.05, 4.69) is 4.72 Å². The predicted molar refractivity (Wildman–Crippen MR) is 62.5 cm³/mol. The standard InChI is InChI=1S/C11H15F2NO3S/c1-2-9(5-6-15)14-18(16,17)11-7-8(12)3-4-10(11)13/h3-4,7,9,14-15H,2,5-6H2,1H3. The first kappa shape index (κ1) is 15.0. The molecule has 0 radical (unpaired) electrons. The second-order valence-corrected chi connectivity index (χ2v) is 5.50. The summed E-state index contributed by atoms with van der Waals surface area (Å²) >= 11 is 0. The fourth-order valence-electron chi connectivity index (χ4n) is 1.47. The molecule has 0 aromatic heterocycles. The maximum Gasteiger partial charge on any atom is 0.243 e. The monoisotopic (exact) mass is 279 g/mol. The number of rotatable bonds is 6. The Hall–Kier alpha value is -1.05. The van der Waals surface area contributed by atoms with E-state index in [9.17, 15) is 17.2 Å². The molecule has 1 unspecified atom stereocenters. The number of hydrogen-bond acceptors (Lipinski definition) is 3. The van der Waals surface area contributed by atoms with E-state index in [0.717, 1.165) is 12.1 Å². The van der Waals surface area contributed by atoms with Gasteiger partial charge in [0.1, 0.15) is 16.5 Å². The molecule has 1 atom stereocenters. The van der Waals surface area contributed by atoms with Gasteiger partial charge in [-0.05, 0) is 31.0 Å². The molecule has 0 saturated heterocycles. The molecule has 0 saturated carbocycles. The summed E-state index contributed by atoms with van der Waals surface area (Å²) in [6.07, 6.45) is 0.656. The smallest absolute Gasteiger partial charge is 0.243 e. The minimum Gasteiger partial charge on any atom is -0.396 e. The van der Waals surface area contributed by atoms with Crippen molar-refractivity contribution in [2.45, 2.75) is 30.7 Å². The van der Waals surface area contributed by atoms with Gasteiger partial charge >= 0.3 is 0 Å². The van der Waals surface area contributed by atoms with E-state index in [0.29, 0.717) is 12.5 Å². The zero-order valence-electron chi connectivity index (χ0n) is 9.86. The van der Waals surface area contributed by atoms with Gasteiger partial charge in [-0.1, -0.05) is 6.92 Å². The van der Waals surface area contributed by atoms with Crippen molar-refractivity contribution in [2.24, 2.45) is 0 Å². The molecule has 102 valence electrons. The lowest BCUT2D eigenvalue weighted by atomic mass is 10.2. The Labute approximate surface area is 105 Å². The van der Waals surface area contributed by atoms with Crippen LogP contribution in [0.3, 0.4) is 0 Å². The lowest BCUT2D eigenvalue weighted by Crippen LogP contribution is -2.35. The largest absolute Gasteiger partial charge is 0.396 e. The van der Waals surface area contributed by atoms with Crippen molar-refractivity contribution in [3.8, 4) is 0 Å². The van der Waals surface area contributed by atoms with Crippen LogP contribution in [0, 0.1) is 11.6 Å². The highest BCUT2D eigenvalue weighted by molar-refractivity contribution is 7.89. The van der Waals surface area contributed by atoms with Crippen LogP contribution in [-0.4, -0.2) is 26.2 Å². The minimum absolute atomic E-state index is 0.188. The highest BCUT2D eigenvalue weighted by Crippen LogP contribution is 2.16. The van der Waals surface area contributed by atoms with Gasteiger partial charge in [-0.2, -0.15) is 0 Å². The first-order chi connectivity index (χ1) is 8.40. The van der Waals surface area contributed by atoms with E-state index in [1.165, 1.54) is 0 Å². The Balaban J connectivity index is 3.02. The molecule has 0 amide bonds. The molecule has 0 fully saturated rings. The van der Waals surface area contributed by atoms with Gasteiger partial charge in [-0.3, -0.25) is 0 Å². The third-order valence-corrected chi connectivity index (χ3v) is 4.01. The molecule has 1 rings (SSSR count). The normalized spacial score (nSPS) is 13.6. The average molecular weight is 279 g/mol. The van der Waals surface area contributed by atoms with Crippen molar-refractivity contribution in [3.63, 3.8) is 0 Å². The molecule has 18 heavy (non-hydrogen) atoms. The molecule has 2 N–H and O–H groups in total. The quantitative estimate of drug-likeness (QED) is 0.827. The van der Waals surface area contributed by atoms with Crippen molar-refractivity contribution >= 4 is 10.0 Å². The SMILES string of the molecule is CCC(CCO)NS(=O)(=O)c1cc(F)ccc1F. The van der Waals surface area contributed by atoms with Crippen LogP contribution < -0.4 is 4.72 Å². The number of hydrogen-bond donors (Lipinski definition) is 2. The second-order valence-electron chi connectivity index (χ2n) is 3.81. The van der Waals surface area contributed by atoms with Crippen LogP contribution in [0.15, 0.2) is 23.1 Å². The van der Waals surface area contributed by atoms with Crippen LogP contribution in [0.5, 0.6) is 0 Å². The van der Waals surface area contributed by atoms with Crippen LogP contribution in [0.4, 0.5) is 8.78 Å². The van der Waals surface area contributed by atoms with E-state index in [-0.39, 0.29) is 13.0 Å². The lowest BCUT2D eigenvalue weighted by molar-refractivity contribution is 0.270. The summed E-state index contributed by atoms with van der Waals surface area (Å²) in [5.74, 6) is -1.84. The zero-order chi connectivity index (χ0) is 13.8. The van der Waals surface area contributed by atoms with Gasteiger partial charge in [0.15, 0.2) is 0 Å². The number of nitrogens with one attached hydrogen (secondary N) is 1. The summed E-state index contributed by atoms with van der Waals surface area (Å²) in [7, 11) is -4.12. The Morgan fingerprint density at radius 1 is 1.39 bits per heavy atom. The summed E-state index contributed by atoms with van der Waals surface area (Å²) in [5, 5.41) is 8.76. The van der Waals surface area contributed by atoms with E-state index in [4.69, 9.17) is 5.11 Å². The van der Waals surface area contributed by atoms with Gasteiger partial charge in [0.2, 0.25) is 10.0 Å². The van der Waals surface area contributed by atoms with Crippen molar-refractivity contribution in [2.75, 3.05) is 6.61 Å². The third-order valence-electron chi connectivity index (χ3n) is 2.47. The van der Waals surface area contributed by atoms with Gasteiger partial charge in [0.05, 0.1) is 0 Å². The van der Waals surface area contributed by atoms with Crippen LogP contribution in [0.25, 0.3) is 0 Å². The summed E-state index contributed by atoms with van der Waals surface area (Å²) in [4.78, 5) is -0.723. The second kappa shape index (κ2) is 6.21. The van der Waals surface area contributed by atoms with Crippen molar-refractivity contribution < 1.29 is 22.3 Å². The average Bonchev–Trinajstić information content (AvgIpc) is 2.31. The van der Waals surface area contributed by atoms with Gasteiger partial charge in [-0.15, -0.1) is 0 Å². The first-order valence-electron chi connectivity index (χ1n) is 5.49. The Bertz CT molecular complexity index is 505. The van der Waals surface area contributed by atoms with Crippen LogP contribution in [0.1, 0.15) is 19.8 Å². The van der Waals surface area contributed by atoms with Gasteiger partial charge in [0, 0.05) is 12.6 Å². The van der Waals surface area contributed by atoms with E-state index in [1.54, 1.807) is 6.92 Å². The highest BCUT2D eigenvalue weighted by Gasteiger charge is 2.22. The molecule has 0 aliphatic carbocycles. The predicted octanol–water partition coefficient (Wildman–Crippen LogP) is 1.40. The Kier molecular flexibility index (Phi) is 5.18. The summed E-state index contributed by atoms with van der Waals surface area (Å²) in [6.45, 7) is 1.54. The number of aliphatic hydroxyl groups excluding tert-OH is 1. The lowest BCUT2D eigenvalue weighted by Gasteiger charge is -2.16. The number of aliphatic hydroxyl groups is 1. The molecule has 7 heteroatoms. The van der Waals surface area contributed by atoms with Crippen LogP contribution >= 0.6 is 0 Å². The number of sulfonamides is 1. The van der Waals surface area contributed by atoms with Crippen LogP contribution in [0.2, 0.25) is 0 Å². The van der Waals surface area contributed by atoms with E-state index >= 15 is 0 Å². The summed E-state index contributed by atoms with van der Waals surface area (Å²) in [5.41, 5.74) is 0. The molecule has 0 aliphatic rings. The van der Waals surface area contributed by atoms with Gasteiger partial charge in [0.25, 0.3) is 0 Å². The van der Waals surface area contributed by atoms with Gasteiger partial charge < -0.3 is 5.11 Å².